The van der Waals surface area contributed by atoms with Crippen LogP contribution in [0.25, 0.3) is 0 Å². The third-order valence-electron chi connectivity index (χ3n) is 5.14. The molecule has 0 heterocycles. The van der Waals surface area contributed by atoms with Gasteiger partial charge in [-0.1, -0.05) is 0 Å². The van der Waals surface area contributed by atoms with Crippen molar-refractivity contribution in [2.45, 2.75) is 9.79 Å². The van der Waals surface area contributed by atoms with Crippen molar-refractivity contribution >= 4 is 73.6 Å². The lowest BCUT2D eigenvalue weighted by molar-refractivity contribution is 0.102. The van der Waals surface area contributed by atoms with Crippen LogP contribution in [-0.2, 0) is 18.1 Å². The van der Waals surface area contributed by atoms with Crippen molar-refractivity contribution in [2.75, 3.05) is 11.1 Å². The quantitative estimate of drug-likeness (QED) is 0.0944. The average Bonchev–Trinajstić information content (AvgIpc) is 2.94. The van der Waals surface area contributed by atoms with E-state index in [2.05, 4.69) is 0 Å². The van der Waals surface area contributed by atoms with Crippen LogP contribution in [0.2, 0.25) is 0 Å². The molecule has 0 atom stereocenters. The van der Waals surface area contributed by atoms with Crippen molar-refractivity contribution in [1.82, 2.24) is 0 Å². The maximum absolute atomic E-state index is 13.6. The van der Waals surface area contributed by atoms with Gasteiger partial charge in [0.15, 0.2) is 34.9 Å². The highest BCUT2D eigenvalue weighted by molar-refractivity contribution is 8.14. The van der Waals surface area contributed by atoms with Crippen molar-refractivity contribution in [2.24, 2.45) is 0 Å². The van der Waals surface area contributed by atoms with Crippen molar-refractivity contribution in [3.63, 3.8) is 0 Å². The smallest absolute Gasteiger partial charge is 0.261 e. The molecule has 4 rings (SSSR count). The van der Waals surface area contributed by atoms with Crippen molar-refractivity contribution < 1.29 is 61.5 Å². The second-order valence-electron chi connectivity index (χ2n) is 8.44. The fourth-order valence-corrected chi connectivity index (χ4v) is 4.74. The maximum atomic E-state index is 13.6. The third kappa shape index (κ3) is 11.1. The van der Waals surface area contributed by atoms with Crippen LogP contribution in [0.1, 0.15) is 20.7 Å². The summed E-state index contributed by atoms with van der Waals surface area (Å²) >= 11 is 5.01. The Morgan fingerprint density at radius 2 is 0.936 bits per heavy atom. The molecule has 0 unspecified atom stereocenters. The number of benzene rings is 4. The summed E-state index contributed by atoms with van der Waals surface area (Å²) in [6.07, 6.45) is 0. The number of anilines is 2. The Bertz CT molecular complexity index is 2040. The number of halogens is 11. The van der Waals surface area contributed by atoms with Crippen molar-refractivity contribution in [3.8, 4) is 0 Å². The fourth-order valence-electron chi connectivity index (χ4n) is 3.04. The fraction of sp³-hybridized carbons (Fsp3) is 0. The lowest BCUT2D eigenvalue weighted by Gasteiger charge is -2.08. The van der Waals surface area contributed by atoms with Gasteiger partial charge in [0.25, 0.3) is 29.3 Å². The molecule has 1 amide bonds. The summed E-state index contributed by atoms with van der Waals surface area (Å²) in [7, 11) is 1.87. The minimum atomic E-state index is -4.21. The van der Waals surface area contributed by atoms with Crippen LogP contribution in [0.4, 0.5) is 46.5 Å². The summed E-state index contributed by atoms with van der Waals surface area (Å²) in [4.78, 5) is 21.6. The van der Waals surface area contributed by atoms with Crippen LogP contribution >= 0.6 is 33.0 Å². The number of nitrogens with two attached hydrogens (primary N) is 1. The molecule has 0 aliphatic carbocycles. The Kier molecular flexibility index (Phi) is 13.1. The highest BCUT2D eigenvalue weighted by atomic mass is 35.7. The van der Waals surface area contributed by atoms with Crippen molar-refractivity contribution in [1.29, 1.82) is 0 Å². The van der Waals surface area contributed by atoms with Gasteiger partial charge < -0.3 is 11.1 Å². The molecule has 3 N–H and O–H groups in total. The summed E-state index contributed by atoms with van der Waals surface area (Å²) in [5.41, 5.74) is 3.13. The van der Waals surface area contributed by atoms with E-state index in [0.717, 1.165) is 36.4 Å². The van der Waals surface area contributed by atoms with Gasteiger partial charge in [-0.2, -0.15) is 0 Å². The molecule has 8 nitrogen and oxygen atoms in total. The van der Waals surface area contributed by atoms with Gasteiger partial charge in [0.05, 0.1) is 20.9 Å². The summed E-state index contributed by atoms with van der Waals surface area (Å²) in [5.74, 6) is -12.1. The van der Waals surface area contributed by atoms with Gasteiger partial charge in [-0.15, -0.1) is 0 Å². The Morgan fingerprint density at radius 1 is 0.574 bits per heavy atom. The van der Waals surface area contributed by atoms with Gasteiger partial charge in [-0.05, 0) is 48.0 Å². The zero-order valence-corrected chi connectivity index (χ0v) is 26.2. The number of hydrogen-bond donors (Lipinski definition) is 2. The lowest BCUT2D eigenvalue weighted by Crippen LogP contribution is -2.15. The Morgan fingerprint density at radius 3 is 1.32 bits per heavy atom. The van der Waals surface area contributed by atoms with Gasteiger partial charge in [-0.25, -0.2) is 52.0 Å². The van der Waals surface area contributed by atoms with Gasteiger partial charge in [-0.3, -0.25) is 9.59 Å². The normalized spacial score (nSPS) is 11.0. The molecule has 0 saturated heterocycles. The van der Waals surface area contributed by atoms with Gasteiger partial charge in [0.2, 0.25) is 0 Å². The van der Waals surface area contributed by atoms with Gasteiger partial charge in [0, 0.05) is 57.0 Å². The first kappa shape index (κ1) is 39.2. The molecule has 0 aliphatic heterocycles. The van der Waals surface area contributed by atoms with Crippen LogP contribution in [-0.4, -0.2) is 28.0 Å². The minimum absolute atomic E-state index is 0.128. The zero-order chi connectivity index (χ0) is 36.0. The predicted octanol–water partition coefficient (Wildman–Crippen LogP) is 7.24. The van der Waals surface area contributed by atoms with E-state index in [1.54, 1.807) is 0 Å². The first-order valence-corrected chi connectivity index (χ1v) is 16.6. The molecule has 47 heavy (non-hydrogen) atoms. The zero-order valence-electron chi connectivity index (χ0n) is 22.3. The average molecular weight is 772 g/mol. The molecule has 0 radical (unpaired) electrons. The topological polar surface area (TPSA) is 140 Å². The number of nitrogen functional groups attached to an aromatic ring is 1. The van der Waals surface area contributed by atoms with Crippen LogP contribution in [0, 0.1) is 46.5 Å². The molecule has 4 aromatic rings. The van der Waals surface area contributed by atoms with Crippen LogP contribution < -0.4 is 11.1 Å². The first-order chi connectivity index (χ1) is 21.5. The number of nitrogens with one attached hydrogen (secondary N) is 1. The number of rotatable bonds is 5. The summed E-state index contributed by atoms with van der Waals surface area (Å²) < 4.78 is 146. The van der Waals surface area contributed by atoms with Gasteiger partial charge >= 0.3 is 0 Å². The summed E-state index contributed by atoms with van der Waals surface area (Å²) in [5, 5.41) is 0.844. The molecule has 0 spiro atoms. The highest BCUT2D eigenvalue weighted by Crippen LogP contribution is 2.22. The first-order valence-electron chi connectivity index (χ1n) is 11.6. The standard InChI is InChI=1S/C13H6ClF4NO3S.C7H3Cl2FO3S.C6H4F3N/c14-23(21,22)7-1-2-9(15)8(5-7)13(20)19-6-3-10(16)12(18)11(17)4-6;8-7(11)5-3-4(14(9,12)13)1-2-6(5)10;7-4-1-3(10)2-5(8)6(4)9/h1-5H,(H,19,20);1-3H;1-2H,10H2. The third-order valence-corrected chi connectivity index (χ3v) is 8.05. The number of carbonyl (C=O) groups is 2. The summed E-state index contributed by atoms with van der Waals surface area (Å²) in [6.45, 7) is 0. The maximum Gasteiger partial charge on any atom is 0.261 e. The van der Waals surface area contributed by atoms with Crippen molar-refractivity contribution in [3.05, 3.63) is 118 Å². The largest absolute Gasteiger partial charge is 0.399 e. The van der Waals surface area contributed by atoms with Crippen LogP contribution in [0.5, 0.6) is 0 Å². The Hall–Kier alpha value is -3.97. The molecule has 4 aromatic carbocycles. The van der Waals surface area contributed by atoms with E-state index >= 15 is 0 Å². The molecule has 0 fully saturated rings. The van der Waals surface area contributed by atoms with E-state index in [9.17, 15) is 61.5 Å². The molecule has 0 bridgehead atoms. The molecule has 252 valence electrons. The van der Waals surface area contributed by atoms with Crippen LogP contribution in [0.3, 0.4) is 0 Å². The SMILES string of the molecule is Nc1cc(F)c(F)c(F)c1.O=C(Cl)c1cc(S(=O)(=O)Cl)ccc1F.O=C(Nc1cc(F)c(F)c(F)c1)c1cc(S(=O)(=O)Cl)ccc1F. The second kappa shape index (κ2) is 15.7. The monoisotopic (exact) mass is 770 g/mol. The highest BCUT2D eigenvalue weighted by Gasteiger charge is 2.20. The predicted molar refractivity (Wildman–Crippen MR) is 154 cm³/mol. The molecule has 21 heteroatoms. The van der Waals surface area contributed by atoms with Crippen LogP contribution in [0.15, 0.2) is 70.5 Å². The lowest BCUT2D eigenvalue weighted by atomic mass is 10.2. The molecule has 0 aromatic heterocycles. The molecular weight excluding hydrogens is 759 g/mol. The number of hydrogen-bond acceptors (Lipinski definition) is 7. The molecule has 0 aliphatic rings. The number of carbonyl (C=O) groups excluding carboxylic acids is 2. The number of amides is 1. The van der Waals surface area contributed by atoms with E-state index in [4.69, 9.17) is 38.7 Å². The van der Waals surface area contributed by atoms with E-state index in [1.807, 2.05) is 5.32 Å². The summed E-state index contributed by atoms with van der Waals surface area (Å²) in [6, 6.07) is 7.13. The minimum Gasteiger partial charge on any atom is -0.399 e. The van der Waals surface area contributed by atoms with E-state index in [0.29, 0.717) is 24.3 Å². The molecule has 0 saturated carbocycles. The van der Waals surface area contributed by atoms with E-state index in [-0.39, 0.29) is 10.6 Å². The Labute approximate surface area is 273 Å². The van der Waals surface area contributed by atoms with Gasteiger partial charge in [0.1, 0.15) is 11.6 Å². The van der Waals surface area contributed by atoms with E-state index in [1.165, 1.54) is 0 Å². The second-order valence-corrected chi connectivity index (χ2v) is 13.9. The molecular formula is C26H13Cl3F8N2O6S2. The Balaban J connectivity index is 0.000000271. The van der Waals surface area contributed by atoms with E-state index < -0.39 is 97.5 Å².